The highest BCUT2D eigenvalue weighted by molar-refractivity contribution is 5.96. The molecule has 0 bridgehead atoms. The Bertz CT molecular complexity index is 669. The van der Waals surface area contributed by atoms with E-state index in [1.165, 1.54) is 70.6 Å². The number of hydrogen-bond donors (Lipinski definition) is 0. The minimum absolute atomic E-state index is 0.0213. The standard InChI is InChI=1S/C15H28O4.C14H26O4.2C4H10/c1-3-5-6-7-8-9-10-11-12-15(4-2,13(16)17)14(18)19;1-3-5-6-7-8-9-10-11-14(4-2,12(15)16)13(17)18;2*1-3-4-2/h3-12H2,1-2H3,(H,16,17)(H,18,19);3-11H2,1-2H3,(H,15,16)(H,17,18);2*3-4H2,1-2H3/p-4. The number of hydrogen-bond acceptors (Lipinski definition) is 8. The van der Waals surface area contributed by atoms with E-state index in [2.05, 4.69) is 41.5 Å². The van der Waals surface area contributed by atoms with Gasteiger partial charge in [0.2, 0.25) is 0 Å². The average molecular weight is 643 g/mol. The number of carbonyl (C=O) groups excluding carboxylic acids is 4. The Labute approximate surface area is 277 Å². The van der Waals surface area contributed by atoms with E-state index in [4.69, 9.17) is 0 Å². The Balaban J connectivity index is -0.000000301. The molecule has 0 aromatic carbocycles. The predicted molar refractivity (Wildman–Crippen MR) is 176 cm³/mol. The van der Waals surface area contributed by atoms with Gasteiger partial charge in [0, 0.05) is 10.8 Å². The first-order chi connectivity index (χ1) is 21.3. The zero-order valence-corrected chi connectivity index (χ0v) is 30.5. The maximum absolute atomic E-state index is 11.0. The van der Waals surface area contributed by atoms with Gasteiger partial charge in [0.05, 0.1) is 23.9 Å². The molecule has 0 spiro atoms. The Hall–Kier alpha value is -2.12. The highest BCUT2D eigenvalue weighted by Crippen LogP contribution is 2.29. The molecular weight excluding hydrogens is 572 g/mol. The lowest BCUT2D eigenvalue weighted by Gasteiger charge is -2.34. The summed E-state index contributed by atoms with van der Waals surface area (Å²) >= 11 is 0. The largest absolute Gasteiger partial charge is 0.549 e. The average Bonchev–Trinajstić information content (AvgIpc) is 3.01. The van der Waals surface area contributed by atoms with Crippen LogP contribution in [0.1, 0.15) is 203 Å². The van der Waals surface area contributed by atoms with Gasteiger partial charge in [-0.2, -0.15) is 0 Å². The van der Waals surface area contributed by atoms with E-state index in [1.54, 1.807) is 13.8 Å². The van der Waals surface area contributed by atoms with E-state index in [0.717, 1.165) is 38.5 Å². The summed E-state index contributed by atoms with van der Waals surface area (Å²) in [6.07, 6.45) is 21.3. The third-order valence-electron chi connectivity index (χ3n) is 8.43. The molecule has 0 atom stereocenters. The molecule has 0 fully saturated rings. The number of carboxylic acids is 4. The number of carboxylic acid groups (broad SMARTS) is 4. The second-order valence-corrected chi connectivity index (χ2v) is 12.1. The zero-order chi connectivity index (χ0) is 35.6. The Kier molecular flexibility index (Phi) is 38.4. The van der Waals surface area contributed by atoms with Crippen LogP contribution in [0.3, 0.4) is 0 Å². The maximum Gasteiger partial charge on any atom is 0.0532 e. The van der Waals surface area contributed by atoms with Crippen molar-refractivity contribution in [2.75, 3.05) is 0 Å². The molecule has 8 heteroatoms. The molecule has 0 aromatic heterocycles. The van der Waals surface area contributed by atoms with Crippen LogP contribution in [0.25, 0.3) is 0 Å². The SMILES string of the molecule is CCCC.CCCC.CCCCCCCCCC(CC)(C(=O)[O-])C(=O)[O-].CCCCCCCCCCC(CC)(C(=O)[O-])C(=O)[O-]. The summed E-state index contributed by atoms with van der Waals surface area (Å²) in [6, 6.07) is 0. The third kappa shape index (κ3) is 25.7. The maximum atomic E-state index is 11.0. The molecular formula is C37H70O8-4. The first-order valence-electron chi connectivity index (χ1n) is 18.2. The molecule has 0 rings (SSSR count). The van der Waals surface area contributed by atoms with E-state index in [1.807, 2.05) is 0 Å². The van der Waals surface area contributed by atoms with E-state index >= 15 is 0 Å². The molecule has 0 radical (unpaired) electrons. The second kappa shape index (κ2) is 34.7. The fourth-order valence-corrected chi connectivity index (χ4v) is 4.45. The molecule has 0 saturated carbocycles. The monoisotopic (exact) mass is 643 g/mol. The summed E-state index contributed by atoms with van der Waals surface area (Å²) in [4.78, 5) is 43.9. The lowest BCUT2D eigenvalue weighted by molar-refractivity contribution is -0.346. The Morgan fingerprint density at radius 2 is 0.533 bits per heavy atom. The van der Waals surface area contributed by atoms with Crippen LogP contribution in [0.4, 0.5) is 0 Å². The van der Waals surface area contributed by atoms with Crippen LogP contribution >= 0.6 is 0 Å². The molecule has 0 saturated heterocycles. The molecule has 0 unspecified atom stereocenters. The van der Waals surface area contributed by atoms with Crippen molar-refractivity contribution in [1.82, 2.24) is 0 Å². The quantitative estimate of drug-likeness (QED) is 0.0859. The van der Waals surface area contributed by atoms with Crippen molar-refractivity contribution in [3.8, 4) is 0 Å². The van der Waals surface area contributed by atoms with Crippen LogP contribution in [-0.4, -0.2) is 23.9 Å². The van der Waals surface area contributed by atoms with Gasteiger partial charge in [-0.25, -0.2) is 0 Å². The van der Waals surface area contributed by atoms with Crippen molar-refractivity contribution in [3.63, 3.8) is 0 Å². The van der Waals surface area contributed by atoms with Gasteiger partial charge in [-0.1, -0.05) is 177 Å². The van der Waals surface area contributed by atoms with E-state index in [-0.39, 0.29) is 25.7 Å². The van der Waals surface area contributed by atoms with Gasteiger partial charge in [0.25, 0.3) is 0 Å². The lowest BCUT2D eigenvalue weighted by atomic mass is 9.80. The topological polar surface area (TPSA) is 161 Å². The van der Waals surface area contributed by atoms with Crippen LogP contribution < -0.4 is 20.4 Å². The van der Waals surface area contributed by atoms with Gasteiger partial charge in [-0.15, -0.1) is 0 Å². The number of unbranched alkanes of at least 4 members (excludes halogenated alkanes) is 15. The first kappa shape index (κ1) is 49.8. The zero-order valence-electron chi connectivity index (χ0n) is 30.5. The van der Waals surface area contributed by atoms with Crippen LogP contribution in [-0.2, 0) is 19.2 Å². The molecule has 0 aliphatic rings. The highest BCUT2D eigenvalue weighted by atomic mass is 16.4. The van der Waals surface area contributed by atoms with E-state index in [9.17, 15) is 39.6 Å². The molecule has 8 nitrogen and oxygen atoms in total. The lowest BCUT2D eigenvalue weighted by Crippen LogP contribution is -2.53. The summed E-state index contributed by atoms with van der Waals surface area (Å²) in [5.41, 5.74) is -3.61. The number of aliphatic carboxylic acids is 4. The smallest absolute Gasteiger partial charge is 0.0532 e. The van der Waals surface area contributed by atoms with Gasteiger partial charge in [0.1, 0.15) is 0 Å². The fraction of sp³-hybridized carbons (Fsp3) is 0.892. The summed E-state index contributed by atoms with van der Waals surface area (Å²) in [7, 11) is 0. The molecule has 0 aromatic rings. The second-order valence-electron chi connectivity index (χ2n) is 12.1. The molecule has 0 heterocycles. The van der Waals surface area contributed by atoms with Gasteiger partial charge in [-0.3, -0.25) is 0 Å². The van der Waals surface area contributed by atoms with Crippen LogP contribution in [0.5, 0.6) is 0 Å². The van der Waals surface area contributed by atoms with Crippen molar-refractivity contribution >= 4 is 23.9 Å². The van der Waals surface area contributed by atoms with Gasteiger partial charge < -0.3 is 39.6 Å². The van der Waals surface area contributed by atoms with Gasteiger partial charge in [-0.05, 0) is 25.7 Å². The summed E-state index contributed by atoms with van der Waals surface area (Å²) in [5, 5.41) is 43.9. The Morgan fingerprint density at radius 1 is 0.333 bits per heavy atom. The van der Waals surface area contributed by atoms with Crippen molar-refractivity contribution in [2.45, 2.75) is 203 Å². The highest BCUT2D eigenvalue weighted by Gasteiger charge is 2.31. The molecule has 0 N–H and O–H groups in total. The van der Waals surface area contributed by atoms with E-state index < -0.39 is 34.7 Å². The number of rotatable bonds is 25. The minimum Gasteiger partial charge on any atom is -0.549 e. The summed E-state index contributed by atoms with van der Waals surface area (Å²) in [6.45, 7) is 16.1. The van der Waals surface area contributed by atoms with Gasteiger partial charge in [0.15, 0.2) is 0 Å². The van der Waals surface area contributed by atoms with Crippen molar-refractivity contribution in [3.05, 3.63) is 0 Å². The molecule has 0 aliphatic carbocycles. The fourth-order valence-electron chi connectivity index (χ4n) is 4.45. The normalized spacial score (nSPS) is 10.8. The van der Waals surface area contributed by atoms with Crippen molar-refractivity contribution in [1.29, 1.82) is 0 Å². The van der Waals surface area contributed by atoms with Crippen molar-refractivity contribution in [2.24, 2.45) is 10.8 Å². The molecule has 45 heavy (non-hydrogen) atoms. The van der Waals surface area contributed by atoms with Crippen LogP contribution in [0.2, 0.25) is 0 Å². The van der Waals surface area contributed by atoms with Crippen LogP contribution in [0.15, 0.2) is 0 Å². The minimum atomic E-state index is -1.80. The molecule has 270 valence electrons. The molecule has 0 amide bonds. The van der Waals surface area contributed by atoms with Crippen molar-refractivity contribution < 1.29 is 39.6 Å². The van der Waals surface area contributed by atoms with Gasteiger partial charge >= 0.3 is 0 Å². The van der Waals surface area contributed by atoms with E-state index in [0.29, 0.717) is 12.8 Å². The third-order valence-corrected chi connectivity index (χ3v) is 8.43. The first-order valence-corrected chi connectivity index (χ1v) is 18.2. The Morgan fingerprint density at radius 3 is 0.689 bits per heavy atom. The summed E-state index contributed by atoms with van der Waals surface area (Å²) in [5.74, 6) is -6.07. The number of carbonyl (C=O) groups is 4. The molecule has 0 aliphatic heterocycles. The summed E-state index contributed by atoms with van der Waals surface area (Å²) < 4.78 is 0. The van der Waals surface area contributed by atoms with Crippen LogP contribution in [0, 0.1) is 10.8 Å². The predicted octanol–water partition coefficient (Wildman–Crippen LogP) is 6.05.